The summed E-state index contributed by atoms with van der Waals surface area (Å²) < 4.78 is 6.14. The standard InChI is InChI=1S/C20H38N2O2S.C7H16/c1-7-10-20(18(23)22(5)6)12-11-19(20,9-3)17(21)24-16(14-25)13-15(4)8-2;1-3-5-7-6-4-2/h15-16,21,25H,7-14H2,1-6H3;3-7H2,1-2H3. The van der Waals surface area contributed by atoms with Crippen LogP contribution in [0.1, 0.15) is 119 Å². The van der Waals surface area contributed by atoms with Crippen molar-refractivity contribution in [3.8, 4) is 0 Å². The molecule has 0 bridgehead atoms. The Morgan fingerprint density at radius 1 is 1.00 bits per heavy atom. The molecular weight excluding hydrogens is 416 g/mol. The second-order valence-corrected chi connectivity index (χ2v) is 10.4. The maximum atomic E-state index is 13.1. The number of carbonyl (C=O) groups excluding carboxylic acids is 1. The Morgan fingerprint density at radius 2 is 1.56 bits per heavy atom. The van der Waals surface area contributed by atoms with Gasteiger partial charge in [-0.25, -0.2) is 0 Å². The van der Waals surface area contributed by atoms with Crippen LogP contribution in [0.15, 0.2) is 0 Å². The first-order valence-electron chi connectivity index (χ1n) is 13.2. The Bertz CT molecular complexity index is 532. The topological polar surface area (TPSA) is 53.4 Å². The zero-order chi connectivity index (χ0) is 24.8. The van der Waals surface area contributed by atoms with Gasteiger partial charge in [-0.2, -0.15) is 12.6 Å². The third-order valence-corrected chi connectivity index (χ3v) is 7.89. The summed E-state index contributed by atoms with van der Waals surface area (Å²) in [6.07, 6.45) is 13.2. The van der Waals surface area contributed by atoms with Crippen molar-refractivity contribution in [2.24, 2.45) is 16.7 Å². The van der Waals surface area contributed by atoms with Crippen molar-refractivity contribution < 1.29 is 9.53 Å². The highest BCUT2D eigenvalue weighted by atomic mass is 32.1. The Kier molecular flexibility index (Phi) is 15.7. The summed E-state index contributed by atoms with van der Waals surface area (Å²) in [5.41, 5.74) is -0.935. The van der Waals surface area contributed by atoms with E-state index in [1.165, 1.54) is 32.1 Å². The van der Waals surface area contributed by atoms with Crippen LogP contribution in [-0.4, -0.2) is 42.7 Å². The van der Waals surface area contributed by atoms with E-state index in [2.05, 4.69) is 54.2 Å². The Labute approximate surface area is 205 Å². The van der Waals surface area contributed by atoms with E-state index in [9.17, 15) is 4.79 Å². The first kappa shape index (κ1) is 31.3. The molecule has 0 aromatic rings. The zero-order valence-electron chi connectivity index (χ0n) is 22.6. The van der Waals surface area contributed by atoms with E-state index < -0.39 is 10.8 Å². The van der Waals surface area contributed by atoms with Gasteiger partial charge < -0.3 is 9.64 Å². The smallest absolute Gasteiger partial charge is 0.229 e. The van der Waals surface area contributed by atoms with E-state index >= 15 is 0 Å². The molecular formula is C27H54N2O2S. The lowest BCUT2D eigenvalue weighted by molar-refractivity contribution is -0.161. The third-order valence-electron chi connectivity index (χ3n) is 7.48. The molecule has 1 N–H and O–H groups in total. The monoisotopic (exact) mass is 470 g/mol. The second-order valence-electron chi connectivity index (χ2n) is 10.0. The highest BCUT2D eigenvalue weighted by Gasteiger charge is 2.65. The highest BCUT2D eigenvalue weighted by molar-refractivity contribution is 7.80. The molecule has 1 aliphatic rings. The number of carbonyl (C=O) groups is 1. The fourth-order valence-corrected chi connectivity index (χ4v) is 5.33. The maximum Gasteiger partial charge on any atom is 0.229 e. The van der Waals surface area contributed by atoms with E-state index in [-0.39, 0.29) is 12.0 Å². The quantitative estimate of drug-likeness (QED) is 0.118. The van der Waals surface area contributed by atoms with E-state index in [0.717, 1.165) is 44.9 Å². The van der Waals surface area contributed by atoms with Crippen molar-refractivity contribution >= 4 is 24.4 Å². The number of ether oxygens (including phenoxy) is 1. The van der Waals surface area contributed by atoms with Crippen molar-refractivity contribution in [2.45, 2.75) is 125 Å². The van der Waals surface area contributed by atoms with Gasteiger partial charge in [-0.3, -0.25) is 10.2 Å². The molecule has 1 fully saturated rings. The number of nitrogens with zero attached hydrogens (tertiary/aromatic N) is 1. The van der Waals surface area contributed by atoms with Crippen LogP contribution in [0.25, 0.3) is 0 Å². The van der Waals surface area contributed by atoms with Crippen molar-refractivity contribution in [1.29, 1.82) is 5.41 Å². The Morgan fingerprint density at radius 3 is 1.91 bits per heavy atom. The van der Waals surface area contributed by atoms with Crippen LogP contribution in [0.3, 0.4) is 0 Å². The molecule has 0 aromatic heterocycles. The number of rotatable bonds is 14. The molecule has 5 heteroatoms. The summed E-state index contributed by atoms with van der Waals surface area (Å²) in [7, 11) is 3.64. The molecule has 1 saturated carbocycles. The summed E-state index contributed by atoms with van der Waals surface area (Å²) in [4.78, 5) is 14.8. The SMILES string of the molecule is CCCC1(C(=O)N(C)C)CCC1(CC)C(=N)OC(CS)CC(C)CC.CCCCCCC. The van der Waals surface area contributed by atoms with Crippen LogP contribution in [0, 0.1) is 22.2 Å². The molecule has 0 aromatic carbocycles. The van der Waals surface area contributed by atoms with Gasteiger partial charge in [0, 0.05) is 19.8 Å². The second kappa shape index (κ2) is 16.0. The minimum Gasteiger partial charge on any atom is -0.477 e. The molecule has 1 aliphatic carbocycles. The fourth-order valence-electron chi connectivity index (χ4n) is 5.10. The van der Waals surface area contributed by atoms with Crippen molar-refractivity contribution in [3.05, 3.63) is 0 Å². The summed E-state index contributed by atoms with van der Waals surface area (Å²) >= 11 is 4.44. The number of nitrogens with one attached hydrogen (secondary N) is 1. The number of hydrogen-bond acceptors (Lipinski definition) is 4. The van der Waals surface area contributed by atoms with Gasteiger partial charge in [-0.1, -0.05) is 86.5 Å². The minimum absolute atomic E-state index is 0.0522. The fraction of sp³-hybridized carbons (Fsp3) is 0.926. The minimum atomic E-state index is -0.478. The molecule has 32 heavy (non-hydrogen) atoms. The van der Waals surface area contributed by atoms with Crippen molar-refractivity contribution in [1.82, 2.24) is 4.90 Å². The summed E-state index contributed by atoms with van der Waals surface area (Å²) in [5, 5.41) is 8.77. The molecule has 1 rings (SSSR count). The van der Waals surface area contributed by atoms with E-state index in [1.54, 1.807) is 4.90 Å². The number of thiol groups is 1. The normalized spacial score (nSPS) is 23.9. The lowest BCUT2D eigenvalue weighted by Crippen LogP contribution is -2.63. The molecule has 1 amide bonds. The predicted molar refractivity (Wildman–Crippen MR) is 143 cm³/mol. The average Bonchev–Trinajstić information content (AvgIpc) is 2.76. The summed E-state index contributed by atoms with van der Waals surface area (Å²) in [6, 6.07) is 0. The van der Waals surface area contributed by atoms with Crippen LogP contribution in [0.4, 0.5) is 0 Å². The van der Waals surface area contributed by atoms with E-state index in [4.69, 9.17) is 10.1 Å². The summed E-state index contributed by atoms with van der Waals surface area (Å²) in [5.74, 6) is 1.62. The van der Waals surface area contributed by atoms with Gasteiger partial charge in [-0.15, -0.1) is 0 Å². The molecule has 4 atom stereocenters. The number of hydrogen-bond donors (Lipinski definition) is 2. The number of amides is 1. The molecule has 0 spiro atoms. The first-order valence-corrected chi connectivity index (χ1v) is 13.9. The van der Waals surface area contributed by atoms with Crippen LogP contribution >= 0.6 is 12.6 Å². The Balaban J connectivity index is 0.00000118. The van der Waals surface area contributed by atoms with Crippen molar-refractivity contribution in [2.75, 3.05) is 19.8 Å². The molecule has 0 saturated heterocycles. The average molecular weight is 471 g/mol. The molecule has 190 valence electrons. The van der Waals surface area contributed by atoms with Gasteiger partial charge in [0.1, 0.15) is 6.10 Å². The molecule has 0 aliphatic heterocycles. The highest BCUT2D eigenvalue weighted by Crippen LogP contribution is 2.63. The lowest BCUT2D eigenvalue weighted by Gasteiger charge is -2.58. The molecule has 0 radical (unpaired) electrons. The van der Waals surface area contributed by atoms with Crippen molar-refractivity contribution in [3.63, 3.8) is 0 Å². The van der Waals surface area contributed by atoms with Gasteiger partial charge >= 0.3 is 0 Å². The van der Waals surface area contributed by atoms with Crippen LogP contribution in [-0.2, 0) is 9.53 Å². The van der Waals surface area contributed by atoms with Gasteiger partial charge in [0.15, 0.2) is 5.90 Å². The zero-order valence-corrected chi connectivity index (χ0v) is 23.5. The first-order chi connectivity index (χ1) is 15.2. The van der Waals surface area contributed by atoms with Crippen LogP contribution in [0.5, 0.6) is 0 Å². The van der Waals surface area contributed by atoms with Crippen LogP contribution in [0.2, 0.25) is 0 Å². The maximum absolute atomic E-state index is 13.1. The van der Waals surface area contributed by atoms with E-state index in [0.29, 0.717) is 17.6 Å². The third kappa shape index (κ3) is 7.95. The van der Waals surface area contributed by atoms with Gasteiger partial charge in [0.05, 0.1) is 10.8 Å². The van der Waals surface area contributed by atoms with Gasteiger partial charge in [0.2, 0.25) is 5.91 Å². The molecule has 4 unspecified atom stereocenters. The summed E-state index contributed by atoms with van der Waals surface area (Å²) in [6.45, 7) is 13.1. The lowest BCUT2D eigenvalue weighted by atomic mass is 9.46. The van der Waals surface area contributed by atoms with E-state index in [1.807, 2.05) is 14.1 Å². The van der Waals surface area contributed by atoms with Gasteiger partial charge in [0.25, 0.3) is 0 Å². The largest absolute Gasteiger partial charge is 0.477 e. The predicted octanol–water partition coefficient (Wildman–Crippen LogP) is 7.76. The van der Waals surface area contributed by atoms with Gasteiger partial charge in [-0.05, 0) is 38.0 Å². The molecule has 0 heterocycles. The van der Waals surface area contributed by atoms with Crippen LogP contribution < -0.4 is 0 Å². The Hall–Kier alpha value is -0.710. The number of unbranched alkanes of at least 4 members (excludes halogenated alkanes) is 4. The molecule has 4 nitrogen and oxygen atoms in total.